The predicted molar refractivity (Wildman–Crippen MR) is 68.5 cm³/mol. The van der Waals surface area contributed by atoms with Gasteiger partial charge in [0.2, 0.25) is 0 Å². The molecule has 2 atom stereocenters. The van der Waals surface area contributed by atoms with Crippen molar-refractivity contribution < 1.29 is 0 Å². The summed E-state index contributed by atoms with van der Waals surface area (Å²) in [6.45, 7) is 0. The first-order chi connectivity index (χ1) is 6.90. The fourth-order valence-corrected chi connectivity index (χ4v) is 4.99. The van der Waals surface area contributed by atoms with E-state index in [2.05, 4.69) is 29.2 Å². The van der Waals surface area contributed by atoms with Crippen molar-refractivity contribution in [3.8, 4) is 0 Å². The molecule has 0 bridgehead atoms. The van der Waals surface area contributed by atoms with Gasteiger partial charge in [-0.3, -0.25) is 0 Å². The molecule has 4 heteroatoms. The Balaban J connectivity index is 2.05. The summed E-state index contributed by atoms with van der Waals surface area (Å²) in [5.74, 6) is 1.18. The number of hydrogen-bond donors (Lipinski definition) is 0. The number of thiocarbonyl (C=S) groups is 1. The fraction of sp³-hybridized carbons (Fsp3) is 0.300. The van der Waals surface area contributed by atoms with E-state index < -0.39 is 0 Å². The van der Waals surface area contributed by atoms with Crippen LogP contribution >= 0.6 is 35.7 Å². The molecule has 0 radical (unpaired) electrons. The SMILES string of the molecule is S=CC1SCC2Sc3ccccc3N12. The van der Waals surface area contributed by atoms with Gasteiger partial charge in [-0.1, -0.05) is 36.1 Å². The second-order valence-corrected chi connectivity index (χ2v) is 5.95. The highest BCUT2D eigenvalue weighted by molar-refractivity contribution is 8.05. The Bertz CT molecular complexity index is 379. The van der Waals surface area contributed by atoms with E-state index in [4.69, 9.17) is 12.2 Å². The van der Waals surface area contributed by atoms with E-state index in [0.717, 1.165) is 0 Å². The van der Waals surface area contributed by atoms with Crippen LogP contribution in [0.3, 0.4) is 0 Å². The topological polar surface area (TPSA) is 3.24 Å². The summed E-state index contributed by atoms with van der Waals surface area (Å²) in [7, 11) is 0. The van der Waals surface area contributed by atoms with Crippen molar-refractivity contribution in [1.29, 1.82) is 0 Å². The van der Waals surface area contributed by atoms with Gasteiger partial charge in [-0.25, -0.2) is 0 Å². The standard InChI is InChI=1S/C10H9NS3/c12-5-9-11-7-3-1-2-4-8(7)14-10(11)6-13-9/h1-5,9-10H,6H2. The van der Waals surface area contributed by atoms with E-state index in [-0.39, 0.29) is 0 Å². The van der Waals surface area contributed by atoms with E-state index in [0.29, 0.717) is 10.7 Å². The second-order valence-electron chi connectivity index (χ2n) is 3.31. The molecule has 2 heterocycles. The first-order valence-corrected chi connectivity index (χ1v) is 6.91. The molecule has 2 aliphatic heterocycles. The van der Waals surface area contributed by atoms with Crippen molar-refractivity contribution in [3.05, 3.63) is 24.3 Å². The Kier molecular flexibility index (Phi) is 2.22. The lowest BCUT2D eigenvalue weighted by Crippen LogP contribution is -2.31. The van der Waals surface area contributed by atoms with Gasteiger partial charge >= 0.3 is 0 Å². The molecule has 1 aromatic rings. The van der Waals surface area contributed by atoms with E-state index in [1.807, 2.05) is 28.9 Å². The first-order valence-electron chi connectivity index (χ1n) is 4.51. The Morgan fingerprint density at radius 2 is 2.29 bits per heavy atom. The minimum Gasteiger partial charge on any atom is -0.341 e. The van der Waals surface area contributed by atoms with Crippen LogP contribution in [0.5, 0.6) is 0 Å². The lowest BCUT2D eigenvalue weighted by Gasteiger charge is -2.21. The van der Waals surface area contributed by atoms with E-state index in [1.165, 1.54) is 16.3 Å². The van der Waals surface area contributed by atoms with Gasteiger partial charge in [-0.05, 0) is 12.1 Å². The van der Waals surface area contributed by atoms with Gasteiger partial charge in [0.05, 0.1) is 11.1 Å². The predicted octanol–water partition coefficient (Wildman–Crippen LogP) is 3.00. The molecule has 1 aromatic carbocycles. The maximum atomic E-state index is 5.07. The molecule has 2 aliphatic rings. The summed E-state index contributed by atoms with van der Waals surface area (Å²) in [4.78, 5) is 3.84. The maximum Gasteiger partial charge on any atom is 0.105 e. The Hall–Kier alpha value is -0.190. The van der Waals surface area contributed by atoms with Crippen molar-refractivity contribution in [2.24, 2.45) is 0 Å². The van der Waals surface area contributed by atoms with Gasteiger partial charge in [0.25, 0.3) is 0 Å². The average Bonchev–Trinajstić information content (AvgIpc) is 2.75. The number of rotatable bonds is 1. The van der Waals surface area contributed by atoms with Crippen LogP contribution < -0.4 is 4.90 Å². The molecule has 3 rings (SSSR count). The lowest BCUT2D eigenvalue weighted by molar-refractivity contribution is 0.913. The molecule has 0 aromatic heterocycles. The molecule has 72 valence electrons. The highest BCUT2D eigenvalue weighted by Gasteiger charge is 2.39. The van der Waals surface area contributed by atoms with E-state index in [1.54, 1.807) is 0 Å². The minimum atomic E-state index is 0.395. The molecule has 0 saturated carbocycles. The number of anilines is 1. The summed E-state index contributed by atoms with van der Waals surface area (Å²) in [5.41, 5.74) is 1.36. The molecule has 14 heavy (non-hydrogen) atoms. The zero-order chi connectivity index (χ0) is 9.54. The summed E-state index contributed by atoms with van der Waals surface area (Å²) < 4.78 is 0. The third-order valence-electron chi connectivity index (χ3n) is 2.52. The third kappa shape index (κ3) is 1.21. The number of hydrogen-bond acceptors (Lipinski definition) is 4. The molecule has 1 fully saturated rings. The van der Waals surface area contributed by atoms with E-state index in [9.17, 15) is 0 Å². The Labute approximate surface area is 97.2 Å². The zero-order valence-corrected chi connectivity index (χ0v) is 9.87. The molecule has 0 spiro atoms. The average molecular weight is 239 g/mol. The summed E-state index contributed by atoms with van der Waals surface area (Å²) >= 11 is 8.98. The number of nitrogens with zero attached hydrogens (tertiary/aromatic N) is 1. The van der Waals surface area contributed by atoms with Crippen molar-refractivity contribution in [1.82, 2.24) is 0 Å². The van der Waals surface area contributed by atoms with Crippen LogP contribution in [0.4, 0.5) is 5.69 Å². The van der Waals surface area contributed by atoms with Crippen molar-refractivity contribution in [3.63, 3.8) is 0 Å². The van der Waals surface area contributed by atoms with Crippen LogP contribution in [-0.2, 0) is 0 Å². The first kappa shape index (κ1) is 9.07. The van der Waals surface area contributed by atoms with Crippen LogP contribution in [0.1, 0.15) is 0 Å². The third-order valence-corrected chi connectivity index (χ3v) is 5.64. The summed E-state index contributed by atoms with van der Waals surface area (Å²) in [5, 5.41) is 2.88. The number of fused-ring (bicyclic) bond motifs is 3. The molecule has 0 amide bonds. The molecule has 0 N–H and O–H groups in total. The Morgan fingerprint density at radius 3 is 3.14 bits per heavy atom. The van der Waals surface area contributed by atoms with Crippen molar-refractivity contribution in [2.75, 3.05) is 10.7 Å². The van der Waals surface area contributed by atoms with Gasteiger partial charge < -0.3 is 4.90 Å². The van der Waals surface area contributed by atoms with Crippen LogP contribution in [0.25, 0.3) is 0 Å². The normalized spacial score (nSPS) is 28.7. The monoisotopic (exact) mass is 239 g/mol. The largest absolute Gasteiger partial charge is 0.341 e. The summed E-state index contributed by atoms with van der Waals surface area (Å²) in [6, 6.07) is 8.60. The van der Waals surface area contributed by atoms with Gasteiger partial charge in [0, 0.05) is 16.0 Å². The smallest absolute Gasteiger partial charge is 0.105 e. The van der Waals surface area contributed by atoms with Crippen LogP contribution in [0.15, 0.2) is 29.2 Å². The molecule has 1 nitrogen and oxygen atoms in total. The van der Waals surface area contributed by atoms with E-state index >= 15 is 0 Å². The van der Waals surface area contributed by atoms with Gasteiger partial charge in [-0.15, -0.1) is 11.8 Å². The minimum absolute atomic E-state index is 0.395. The maximum absolute atomic E-state index is 5.07. The Morgan fingerprint density at radius 1 is 1.43 bits per heavy atom. The van der Waals surface area contributed by atoms with Gasteiger partial charge in [0.15, 0.2) is 0 Å². The highest BCUT2D eigenvalue weighted by Crippen LogP contribution is 2.50. The molecular weight excluding hydrogens is 230 g/mol. The molecule has 0 aliphatic carbocycles. The quantitative estimate of drug-likeness (QED) is 0.693. The van der Waals surface area contributed by atoms with Crippen LogP contribution in [0, 0.1) is 0 Å². The number of thioether (sulfide) groups is 2. The van der Waals surface area contributed by atoms with Gasteiger partial charge in [-0.2, -0.15) is 0 Å². The highest BCUT2D eigenvalue weighted by atomic mass is 32.2. The zero-order valence-electron chi connectivity index (χ0n) is 7.42. The van der Waals surface area contributed by atoms with Crippen molar-refractivity contribution in [2.45, 2.75) is 15.6 Å². The number of benzene rings is 1. The van der Waals surface area contributed by atoms with Crippen molar-refractivity contribution >= 4 is 46.8 Å². The lowest BCUT2D eigenvalue weighted by atomic mass is 10.3. The summed E-state index contributed by atoms with van der Waals surface area (Å²) in [6.07, 6.45) is 0. The van der Waals surface area contributed by atoms with Gasteiger partial charge in [0.1, 0.15) is 5.37 Å². The number of para-hydroxylation sites is 1. The van der Waals surface area contributed by atoms with Crippen LogP contribution in [-0.4, -0.2) is 21.9 Å². The molecular formula is C10H9NS3. The fourth-order valence-electron chi connectivity index (χ4n) is 1.91. The molecule has 1 saturated heterocycles. The molecule has 2 unspecified atom stereocenters. The van der Waals surface area contributed by atoms with Crippen LogP contribution in [0.2, 0.25) is 0 Å². The second kappa shape index (κ2) is 3.43.